The molecule has 94 valence electrons. The molecule has 1 rings (SSSR count). The van der Waals surface area contributed by atoms with Crippen molar-refractivity contribution in [1.29, 1.82) is 0 Å². The van der Waals surface area contributed by atoms with Crippen LogP contribution in [0, 0.1) is 0 Å². The smallest absolute Gasteiger partial charge is 0.242 e. The minimum atomic E-state index is -0.731. The van der Waals surface area contributed by atoms with Gasteiger partial charge in [0.1, 0.15) is 0 Å². The van der Waals surface area contributed by atoms with Crippen molar-refractivity contribution < 1.29 is 9.53 Å². The summed E-state index contributed by atoms with van der Waals surface area (Å²) in [4.78, 5) is 14.1. The van der Waals surface area contributed by atoms with Gasteiger partial charge in [0.05, 0.1) is 17.7 Å². The molecule has 1 aliphatic heterocycles. The molecule has 4 heteroatoms. The SMILES string of the molecule is CCCC(C)(N)C(=O)N1C[C@@H](C)O[C@@H](C)C1. The molecule has 0 aromatic heterocycles. The minimum Gasteiger partial charge on any atom is -0.372 e. The first kappa shape index (κ1) is 13.5. The van der Waals surface area contributed by atoms with E-state index in [-0.39, 0.29) is 18.1 Å². The molecule has 0 spiro atoms. The molecule has 1 fully saturated rings. The van der Waals surface area contributed by atoms with Gasteiger partial charge in [0.15, 0.2) is 0 Å². The number of nitrogens with zero attached hydrogens (tertiary/aromatic N) is 1. The van der Waals surface area contributed by atoms with Gasteiger partial charge >= 0.3 is 0 Å². The number of hydrogen-bond acceptors (Lipinski definition) is 3. The van der Waals surface area contributed by atoms with E-state index in [0.717, 1.165) is 12.8 Å². The van der Waals surface area contributed by atoms with Gasteiger partial charge in [0.2, 0.25) is 5.91 Å². The summed E-state index contributed by atoms with van der Waals surface area (Å²) in [6.07, 6.45) is 1.86. The molecule has 1 aliphatic rings. The Bertz CT molecular complexity index is 243. The Morgan fingerprint density at radius 1 is 1.44 bits per heavy atom. The highest BCUT2D eigenvalue weighted by molar-refractivity contribution is 5.85. The van der Waals surface area contributed by atoms with Crippen LogP contribution in [-0.2, 0) is 9.53 Å². The molecule has 1 saturated heterocycles. The number of ether oxygens (including phenoxy) is 1. The van der Waals surface area contributed by atoms with Crippen molar-refractivity contribution in [3.8, 4) is 0 Å². The third-order valence-corrected chi connectivity index (χ3v) is 2.96. The molecule has 1 amide bonds. The predicted octanol–water partition coefficient (Wildman–Crippen LogP) is 1.14. The van der Waals surface area contributed by atoms with Gasteiger partial charge in [-0.25, -0.2) is 0 Å². The van der Waals surface area contributed by atoms with Crippen LogP contribution in [-0.4, -0.2) is 41.6 Å². The van der Waals surface area contributed by atoms with E-state index >= 15 is 0 Å². The first-order valence-electron chi connectivity index (χ1n) is 6.10. The van der Waals surface area contributed by atoms with E-state index in [1.54, 1.807) is 0 Å². The van der Waals surface area contributed by atoms with Crippen LogP contribution in [0.1, 0.15) is 40.5 Å². The molecule has 0 aromatic rings. The summed E-state index contributed by atoms with van der Waals surface area (Å²) in [6.45, 7) is 9.15. The summed E-state index contributed by atoms with van der Waals surface area (Å²) in [6, 6.07) is 0. The maximum absolute atomic E-state index is 12.2. The lowest BCUT2D eigenvalue weighted by molar-refractivity contribution is -0.148. The zero-order valence-electron chi connectivity index (χ0n) is 10.8. The molecular formula is C12H24N2O2. The van der Waals surface area contributed by atoms with E-state index in [1.165, 1.54) is 0 Å². The molecule has 0 radical (unpaired) electrons. The molecule has 0 aromatic carbocycles. The Kier molecular flexibility index (Phi) is 4.33. The molecule has 1 unspecified atom stereocenters. The summed E-state index contributed by atoms with van der Waals surface area (Å²) in [7, 11) is 0. The second kappa shape index (κ2) is 5.15. The molecule has 1 heterocycles. The average molecular weight is 228 g/mol. The van der Waals surface area contributed by atoms with Crippen molar-refractivity contribution in [2.24, 2.45) is 5.73 Å². The Balaban J connectivity index is 2.65. The topological polar surface area (TPSA) is 55.6 Å². The minimum absolute atomic E-state index is 0.0522. The van der Waals surface area contributed by atoms with Crippen molar-refractivity contribution in [3.05, 3.63) is 0 Å². The lowest BCUT2D eigenvalue weighted by Gasteiger charge is -2.39. The first-order chi connectivity index (χ1) is 7.36. The average Bonchev–Trinajstić information content (AvgIpc) is 2.14. The molecule has 16 heavy (non-hydrogen) atoms. The van der Waals surface area contributed by atoms with Gasteiger partial charge in [-0.05, 0) is 27.2 Å². The molecule has 3 atom stereocenters. The Hall–Kier alpha value is -0.610. The quantitative estimate of drug-likeness (QED) is 0.788. The van der Waals surface area contributed by atoms with Crippen molar-refractivity contribution in [2.75, 3.05) is 13.1 Å². The highest BCUT2D eigenvalue weighted by Crippen LogP contribution is 2.17. The van der Waals surface area contributed by atoms with Gasteiger partial charge in [0, 0.05) is 13.1 Å². The van der Waals surface area contributed by atoms with Crippen LogP contribution in [0.25, 0.3) is 0 Å². The monoisotopic (exact) mass is 228 g/mol. The Labute approximate surface area is 98.1 Å². The summed E-state index contributed by atoms with van der Waals surface area (Å²) >= 11 is 0. The van der Waals surface area contributed by atoms with Gasteiger partial charge in [-0.2, -0.15) is 0 Å². The third-order valence-electron chi connectivity index (χ3n) is 2.96. The van der Waals surface area contributed by atoms with Crippen LogP contribution in [0.5, 0.6) is 0 Å². The summed E-state index contributed by atoms with van der Waals surface area (Å²) in [5, 5.41) is 0. The van der Waals surface area contributed by atoms with Crippen LogP contribution in [0.2, 0.25) is 0 Å². The van der Waals surface area contributed by atoms with Crippen molar-refractivity contribution in [2.45, 2.75) is 58.3 Å². The molecule has 2 N–H and O–H groups in total. The van der Waals surface area contributed by atoms with Crippen LogP contribution < -0.4 is 5.73 Å². The summed E-state index contributed by atoms with van der Waals surface area (Å²) in [5.41, 5.74) is 5.33. The van der Waals surface area contributed by atoms with Crippen molar-refractivity contribution in [1.82, 2.24) is 4.90 Å². The molecule has 4 nitrogen and oxygen atoms in total. The van der Waals surface area contributed by atoms with Gasteiger partial charge in [-0.3, -0.25) is 4.79 Å². The van der Waals surface area contributed by atoms with Gasteiger partial charge in [0.25, 0.3) is 0 Å². The largest absolute Gasteiger partial charge is 0.372 e. The molecule has 0 saturated carbocycles. The van der Waals surface area contributed by atoms with Crippen LogP contribution in [0.4, 0.5) is 0 Å². The Morgan fingerprint density at radius 3 is 2.38 bits per heavy atom. The Morgan fingerprint density at radius 2 is 1.94 bits per heavy atom. The summed E-state index contributed by atoms with van der Waals surface area (Å²) in [5.74, 6) is 0.0522. The molecule has 0 bridgehead atoms. The van der Waals surface area contributed by atoms with Gasteiger partial charge in [-0.15, -0.1) is 0 Å². The number of nitrogens with two attached hydrogens (primary N) is 1. The number of amides is 1. The first-order valence-corrected chi connectivity index (χ1v) is 6.10. The van der Waals surface area contributed by atoms with E-state index in [1.807, 2.05) is 32.6 Å². The fourth-order valence-corrected chi connectivity index (χ4v) is 2.33. The third kappa shape index (κ3) is 3.19. The normalized spacial score (nSPS) is 29.9. The standard InChI is InChI=1S/C12H24N2O2/c1-5-6-12(4,13)11(15)14-7-9(2)16-10(3)8-14/h9-10H,5-8,13H2,1-4H3/t9-,10+,12?. The number of hydrogen-bond donors (Lipinski definition) is 1. The van der Waals surface area contributed by atoms with Crippen molar-refractivity contribution >= 4 is 5.91 Å². The van der Waals surface area contributed by atoms with Crippen molar-refractivity contribution in [3.63, 3.8) is 0 Å². The lowest BCUT2D eigenvalue weighted by Crippen LogP contribution is -2.58. The fourth-order valence-electron chi connectivity index (χ4n) is 2.33. The molecular weight excluding hydrogens is 204 g/mol. The van der Waals surface area contributed by atoms with E-state index in [2.05, 4.69) is 0 Å². The van der Waals surface area contributed by atoms with Crippen LogP contribution >= 0.6 is 0 Å². The van der Waals surface area contributed by atoms with Crippen LogP contribution in [0.15, 0.2) is 0 Å². The number of rotatable bonds is 3. The summed E-state index contributed by atoms with van der Waals surface area (Å²) < 4.78 is 5.60. The zero-order chi connectivity index (χ0) is 12.3. The number of morpholine rings is 1. The van der Waals surface area contributed by atoms with E-state index in [4.69, 9.17) is 10.5 Å². The predicted molar refractivity (Wildman–Crippen MR) is 64.1 cm³/mol. The number of carbonyl (C=O) groups is 1. The highest BCUT2D eigenvalue weighted by Gasteiger charge is 2.35. The maximum atomic E-state index is 12.2. The van der Waals surface area contributed by atoms with Gasteiger partial charge < -0.3 is 15.4 Å². The number of carbonyl (C=O) groups excluding carboxylic acids is 1. The fraction of sp³-hybridized carbons (Fsp3) is 0.917. The van der Waals surface area contributed by atoms with E-state index in [0.29, 0.717) is 13.1 Å². The zero-order valence-corrected chi connectivity index (χ0v) is 10.8. The van der Waals surface area contributed by atoms with E-state index in [9.17, 15) is 4.79 Å². The van der Waals surface area contributed by atoms with Crippen LogP contribution in [0.3, 0.4) is 0 Å². The van der Waals surface area contributed by atoms with Gasteiger partial charge in [-0.1, -0.05) is 13.3 Å². The maximum Gasteiger partial charge on any atom is 0.242 e. The van der Waals surface area contributed by atoms with E-state index < -0.39 is 5.54 Å². The molecule has 0 aliphatic carbocycles. The second-order valence-corrected chi connectivity index (χ2v) is 5.13. The lowest BCUT2D eigenvalue weighted by atomic mass is 9.95. The second-order valence-electron chi connectivity index (χ2n) is 5.13. The highest BCUT2D eigenvalue weighted by atomic mass is 16.5.